The van der Waals surface area contributed by atoms with Gasteiger partial charge in [-0.15, -0.1) is 0 Å². The summed E-state index contributed by atoms with van der Waals surface area (Å²) in [5.74, 6) is -1.18. The number of carbonyl (C=O) groups excluding carboxylic acids is 3. The van der Waals surface area contributed by atoms with E-state index in [0.717, 1.165) is 12.8 Å². The summed E-state index contributed by atoms with van der Waals surface area (Å²) in [5.41, 5.74) is 5.99. The SMILES string of the molecule is CC(=O)OC(C(=O)NC1CC1)[C@@H](N)C[C@@H]1CCNC1=O. The zero-order valence-corrected chi connectivity index (χ0v) is 11.6. The van der Waals surface area contributed by atoms with E-state index in [4.69, 9.17) is 10.5 Å². The minimum Gasteiger partial charge on any atom is -0.451 e. The minimum atomic E-state index is -1.03. The number of esters is 1. The first kappa shape index (κ1) is 14.8. The van der Waals surface area contributed by atoms with Gasteiger partial charge in [0.05, 0.1) is 6.04 Å². The molecule has 0 radical (unpaired) electrons. The fourth-order valence-electron chi connectivity index (χ4n) is 2.35. The summed E-state index contributed by atoms with van der Waals surface area (Å²) in [6.45, 7) is 1.87. The van der Waals surface area contributed by atoms with Gasteiger partial charge in [0, 0.05) is 25.4 Å². The number of nitrogens with one attached hydrogen (secondary N) is 2. The van der Waals surface area contributed by atoms with Gasteiger partial charge in [-0.25, -0.2) is 0 Å². The molecule has 2 amide bonds. The first-order valence-corrected chi connectivity index (χ1v) is 6.98. The first-order valence-electron chi connectivity index (χ1n) is 6.98. The van der Waals surface area contributed by atoms with E-state index in [-0.39, 0.29) is 23.8 Å². The van der Waals surface area contributed by atoms with E-state index in [9.17, 15) is 14.4 Å². The zero-order chi connectivity index (χ0) is 14.7. The minimum absolute atomic E-state index is 0.0513. The smallest absolute Gasteiger partial charge is 0.303 e. The van der Waals surface area contributed by atoms with Gasteiger partial charge in [-0.1, -0.05) is 0 Å². The number of ether oxygens (including phenoxy) is 1. The lowest BCUT2D eigenvalue weighted by Gasteiger charge is -2.24. The van der Waals surface area contributed by atoms with E-state index in [0.29, 0.717) is 19.4 Å². The molecule has 0 bridgehead atoms. The maximum atomic E-state index is 12.1. The summed E-state index contributed by atoms with van der Waals surface area (Å²) in [4.78, 5) is 34.7. The zero-order valence-electron chi connectivity index (χ0n) is 11.6. The van der Waals surface area contributed by atoms with Crippen molar-refractivity contribution in [1.82, 2.24) is 10.6 Å². The van der Waals surface area contributed by atoms with Gasteiger partial charge in [0.2, 0.25) is 5.91 Å². The molecule has 2 rings (SSSR count). The Labute approximate surface area is 117 Å². The molecule has 2 aliphatic rings. The third-order valence-corrected chi connectivity index (χ3v) is 3.58. The van der Waals surface area contributed by atoms with Crippen molar-refractivity contribution < 1.29 is 19.1 Å². The fourth-order valence-corrected chi connectivity index (χ4v) is 2.35. The molecule has 1 unspecified atom stereocenters. The van der Waals surface area contributed by atoms with Crippen LogP contribution in [-0.2, 0) is 19.1 Å². The molecule has 1 aliphatic heterocycles. The molecular weight excluding hydrogens is 262 g/mol. The highest BCUT2D eigenvalue weighted by Gasteiger charge is 2.36. The molecule has 3 atom stereocenters. The quantitative estimate of drug-likeness (QED) is 0.544. The number of hydrogen-bond donors (Lipinski definition) is 3. The average molecular weight is 283 g/mol. The predicted molar refractivity (Wildman–Crippen MR) is 70.4 cm³/mol. The van der Waals surface area contributed by atoms with Crippen molar-refractivity contribution in [3.8, 4) is 0 Å². The Morgan fingerprint density at radius 3 is 2.65 bits per heavy atom. The van der Waals surface area contributed by atoms with Crippen LogP contribution in [0.1, 0.15) is 32.6 Å². The summed E-state index contributed by atoms with van der Waals surface area (Å²) in [5, 5.41) is 5.50. The fraction of sp³-hybridized carbons (Fsp3) is 0.769. The Bertz CT molecular complexity index is 408. The van der Waals surface area contributed by atoms with Crippen LogP contribution in [0.15, 0.2) is 0 Å². The summed E-state index contributed by atoms with van der Waals surface area (Å²) < 4.78 is 5.04. The lowest BCUT2D eigenvalue weighted by molar-refractivity contribution is -0.155. The van der Waals surface area contributed by atoms with Crippen LogP contribution in [0.5, 0.6) is 0 Å². The van der Waals surface area contributed by atoms with Crippen LogP contribution in [0, 0.1) is 5.92 Å². The standard InChI is InChI=1S/C13H21N3O4/c1-7(17)20-11(13(19)16-9-2-3-9)10(14)6-8-4-5-15-12(8)18/h8-11H,2-6,14H2,1H3,(H,15,18)(H,16,19)/t8-,10-,11?/m0/s1. The van der Waals surface area contributed by atoms with Crippen LogP contribution in [0.4, 0.5) is 0 Å². The van der Waals surface area contributed by atoms with E-state index >= 15 is 0 Å². The highest BCUT2D eigenvalue weighted by molar-refractivity contribution is 5.85. The summed E-state index contributed by atoms with van der Waals surface area (Å²) >= 11 is 0. The van der Waals surface area contributed by atoms with Gasteiger partial charge in [0.25, 0.3) is 5.91 Å². The van der Waals surface area contributed by atoms with Gasteiger partial charge in [0.1, 0.15) is 0 Å². The second-order valence-electron chi connectivity index (χ2n) is 5.49. The molecule has 0 spiro atoms. The van der Waals surface area contributed by atoms with Crippen molar-refractivity contribution in [3.05, 3.63) is 0 Å². The van der Waals surface area contributed by atoms with E-state index < -0.39 is 18.1 Å². The maximum absolute atomic E-state index is 12.1. The second kappa shape index (κ2) is 6.21. The van der Waals surface area contributed by atoms with Gasteiger partial charge in [0.15, 0.2) is 6.10 Å². The van der Waals surface area contributed by atoms with Gasteiger partial charge < -0.3 is 21.1 Å². The van der Waals surface area contributed by atoms with Crippen molar-refractivity contribution >= 4 is 17.8 Å². The molecule has 0 aromatic rings. The Kier molecular flexibility index (Phi) is 4.59. The monoisotopic (exact) mass is 283 g/mol. The molecule has 1 saturated heterocycles. The number of amides is 2. The summed E-state index contributed by atoms with van der Waals surface area (Å²) in [6.07, 6.45) is 1.89. The lowest BCUT2D eigenvalue weighted by Crippen LogP contribution is -2.50. The molecule has 1 saturated carbocycles. The molecule has 7 nitrogen and oxygen atoms in total. The van der Waals surface area contributed by atoms with E-state index in [1.165, 1.54) is 6.92 Å². The number of carbonyl (C=O) groups is 3. The average Bonchev–Trinajstić information content (AvgIpc) is 3.09. The van der Waals surface area contributed by atoms with Gasteiger partial charge in [-0.2, -0.15) is 0 Å². The highest BCUT2D eigenvalue weighted by Crippen LogP contribution is 2.21. The number of nitrogens with two attached hydrogens (primary N) is 1. The third-order valence-electron chi connectivity index (χ3n) is 3.58. The number of hydrogen-bond acceptors (Lipinski definition) is 5. The molecular formula is C13H21N3O4. The predicted octanol–water partition coefficient (Wildman–Crippen LogP) is -0.950. The molecule has 4 N–H and O–H groups in total. The van der Waals surface area contributed by atoms with Crippen molar-refractivity contribution in [3.63, 3.8) is 0 Å². The molecule has 2 fully saturated rings. The molecule has 7 heteroatoms. The molecule has 1 heterocycles. The van der Waals surface area contributed by atoms with E-state index in [2.05, 4.69) is 10.6 Å². The Hall–Kier alpha value is -1.63. The molecule has 20 heavy (non-hydrogen) atoms. The van der Waals surface area contributed by atoms with E-state index in [1.54, 1.807) is 0 Å². The van der Waals surface area contributed by atoms with Crippen LogP contribution in [0.2, 0.25) is 0 Å². The Morgan fingerprint density at radius 2 is 2.15 bits per heavy atom. The van der Waals surface area contributed by atoms with Crippen LogP contribution < -0.4 is 16.4 Å². The topological polar surface area (TPSA) is 111 Å². The van der Waals surface area contributed by atoms with Crippen molar-refractivity contribution in [2.45, 2.75) is 50.8 Å². The molecule has 0 aromatic carbocycles. The molecule has 1 aliphatic carbocycles. The first-order chi connectivity index (χ1) is 9.47. The van der Waals surface area contributed by atoms with E-state index in [1.807, 2.05) is 0 Å². The lowest BCUT2D eigenvalue weighted by atomic mass is 9.95. The summed E-state index contributed by atoms with van der Waals surface area (Å²) in [6, 6.07) is -0.506. The third kappa shape index (κ3) is 3.93. The van der Waals surface area contributed by atoms with Gasteiger partial charge >= 0.3 is 5.97 Å². The normalized spacial score (nSPS) is 24.7. The van der Waals surface area contributed by atoms with Crippen molar-refractivity contribution in [1.29, 1.82) is 0 Å². The number of rotatable bonds is 6. The Morgan fingerprint density at radius 1 is 1.45 bits per heavy atom. The van der Waals surface area contributed by atoms with Crippen LogP contribution in [-0.4, -0.2) is 42.5 Å². The second-order valence-corrected chi connectivity index (χ2v) is 5.49. The Balaban J connectivity index is 1.94. The molecule has 112 valence electrons. The van der Waals surface area contributed by atoms with Crippen LogP contribution in [0.25, 0.3) is 0 Å². The molecule has 0 aromatic heterocycles. The van der Waals surface area contributed by atoms with Gasteiger partial charge in [-0.3, -0.25) is 14.4 Å². The maximum Gasteiger partial charge on any atom is 0.303 e. The highest BCUT2D eigenvalue weighted by atomic mass is 16.5. The largest absolute Gasteiger partial charge is 0.451 e. The van der Waals surface area contributed by atoms with Crippen LogP contribution in [0.3, 0.4) is 0 Å². The van der Waals surface area contributed by atoms with Crippen molar-refractivity contribution in [2.75, 3.05) is 6.54 Å². The summed E-state index contributed by atoms with van der Waals surface area (Å²) in [7, 11) is 0. The van der Waals surface area contributed by atoms with Gasteiger partial charge in [-0.05, 0) is 25.7 Å². The van der Waals surface area contributed by atoms with Crippen LogP contribution >= 0.6 is 0 Å². The van der Waals surface area contributed by atoms with Crippen molar-refractivity contribution in [2.24, 2.45) is 11.7 Å².